The number of rotatable bonds is 9. The molecule has 0 spiro atoms. The number of Topliss-reactive ketones (excluding diaryl/α,β-unsaturated/α-hetero) is 1. The predicted octanol–water partition coefficient (Wildman–Crippen LogP) is 4.73. The van der Waals surface area contributed by atoms with Gasteiger partial charge in [0, 0.05) is 12.1 Å². The van der Waals surface area contributed by atoms with Crippen molar-refractivity contribution in [1.29, 1.82) is 0 Å². The lowest BCUT2D eigenvalue weighted by molar-refractivity contribution is 0.102. The molecule has 0 unspecified atom stereocenters. The molecule has 0 amide bonds. The van der Waals surface area contributed by atoms with Gasteiger partial charge in [0.25, 0.3) is 0 Å². The van der Waals surface area contributed by atoms with Crippen LogP contribution in [0.1, 0.15) is 24.2 Å². The molecule has 0 atom stereocenters. The molecule has 1 aromatic heterocycles. The quantitative estimate of drug-likeness (QED) is 0.362. The third-order valence-corrected chi connectivity index (χ3v) is 5.38. The molecule has 0 bridgehead atoms. The average molecular weight is 430 g/mol. The second kappa shape index (κ2) is 9.75. The summed E-state index contributed by atoms with van der Waals surface area (Å²) in [5, 5.41) is 9.01. The number of nitrogens with zero attached hydrogens (tertiary/aromatic N) is 3. The van der Waals surface area contributed by atoms with Gasteiger partial charge in [0.15, 0.2) is 28.3 Å². The monoisotopic (exact) mass is 429 g/mol. The number of aromatic nitrogens is 3. The summed E-state index contributed by atoms with van der Waals surface area (Å²) in [6.07, 6.45) is 0. The molecule has 1 heterocycles. The van der Waals surface area contributed by atoms with Crippen LogP contribution in [0.25, 0.3) is 11.4 Å². The zero-order valence-corrected chi connectivity index (χ0v) is 18.2. The van der Waals surface area contributed by atoms with Gasteiger partial charge in [-0.1, -0.05) is 37.7 Å². The number of hydrogen-bond donors (Lipinski definition) is 0. The highest BCUT2D eigenvalue weighted by atomic mass is 32.2. The van der Waals surface area contributed by atoms with Crippen molar-refractivity contribution in [2.75, 3.05) is 20.0 Å². The largest absolute Gasteiger partial charge is 0.493 e. The number of halogens is 1. The second-order valence-corrected chi connectivity index (χ2v) is 8.01. The van der Waals surface area contributed by atoms with Gasteiger partial charge in [-0.3, -0.25) is 4.79 Å². The maximum atomic E-state index is 14.3. The fourth-order valence-corrected chi connectivity index (χ4v) is 3.83. The molecule has 6 nitrogen and oxygen atoms in total. The minimum absolute atomic E-state index is 0.0764. The number of thioether (sulfide) groups is 1. The standard InChI is InChI=1S/C22H24FN3O3S/c1-14(2)12-26-21(16-7-5-6-8-17(16)23)24-25-22(26)30-13-18(27)15-9-10-19(28-3)20(11-15)29-4/h5-11,14H,12-13H2,1-4H3. The van der Waals surface area contributed by atoms with Crippen LogP contribution in [0.4, 0.5) is 4.39 Å². The number of methoxy groups -OCH3 is 2. The molecule has 0 aliphatic carbocycles. The van der Waals surface area contributed by atoms with Gasteiger partial charge in [-0.25, -0.2) is 4.39 Å². The lowest BCUT2D eigenvalue weighted by Gasteiger charge is -2.13. The van der Waals surface area contributed by atoms with Gasteiger partial charge < -0.3 is 14.0 Å². The van der Waals surface area contributed by atoms with Crippen LogP contribution in [0, 0.1) is 11.7 Å². The topological polar surface area (TPSA) is 66.2 Å². The third kappa shape index (κ3) is 4.81. The van der Waals surface area contributed by atoms with E-state index in [9.17, 15) is 9.18 Å². The van der Waals surface area contributed by atoms with E-state index in [0.717, 1.165) is 0 Å². The van der Waals surface area contributed by atoms with E-state index < -0.39 is 0 Å². The van der Waals surface area contributed by atoms with Gasteiger partial charge >= 0.3 is 0 Å². The van der Waals surface area contributed by atoms with Crippen LogP contribution in [0.5, 0.6) is 11.5 Å². The molecule has 0 aliphatic heterocycles. The van der Waals surface area contributed by atoms with Crippen molar-refractivity contribution in [2.45, 2.75) is 25.5 Å². The van der Waals surface area contributed by atoms with E-state index in [2.05, 4.69) is 24.0 Å². The normalized spacial score (nSPS) is 11.0. The van der Waals surface area contributed by atoms with Crippen molar-refractivity contribution in [3.05, 3.63) is 53.8 Å². The Labute approximate surface area is 179 Å². The van der Waals surface area contributed by atoms with Gasteiger partial charge in [-0.2, -0.15) is 0 Å². The average Bonchev–Trinajstić information content (AvgIpc) is 3.13. The Kier molecular flexibility index (Phi) is 7.10. The molecule has 0 N–H and O–H groups in total. The number of ether oxygens (including phenoxy) is 2. The van der Waals surface area contributed by atoms with E-state index in [1.165, 1.54) is 24.9 Å². The van der Waals surface area contributed by atoms with Crippen molar-refractivity contribution >= 4 is 17.5 Å². The zero-order chi connectivity index (χ0) is 21.7. The molecule has 3 aromatic rings. The van der Waals surface area contributed by atoms with Crippen LogP contribution >= 0.6 is 11.8 Å². The highest BCUT2D eigenvalue weighted by Crippen LogP contribution is 2.30. The predicted molar refractivity (Wildman–Crippen MR) is 115 cm³/mol. The maximum Gasteiger partial charge on any atom is 0.191 e. The first-order chi connectivity index (χ1) is 14.4. The summed E-state index contributed by atoms with van der Waals surface area (Å²) in [7, 11) is 3.07. The molecule has 30 heavy (non-hydrogen) atoms. The van der Waals surface area contributed by atoms with Crippen LogP contribution in [0.15, 0.2) is 47.6 Å². The number of carbonyl (C=O) groups is 1. The van der Waals surface area contributed by atoms with Gasteiger partial charge in [-0.15, -0.1) is 10.2 Å². The first kappa shape index (κ1) is 21.8. The van der Waals surface area contributed by atoms with Gasteiger partial charge in [0.05, 0.1) is 25.5 Å². The van der Waals surface area contributed by atoms with Crippen molar-refractivity contribution in [3.63, 3.8) is 0 Å². The lowest BCUT2D eigenvalue weighted by Crippen LogP contribution is -2.10. The molecular weight excluding hydrogens is 405 g/mol. The molecule has 0 radical (unpaired) electrons. The molecular formula is C22H24FN3O3S. The number of hydrogen-bond acceptors (Lipinski definition) is 6. The van der Waals surface area contributed by atoms with E-state index in [1.807, 2.05) is 4.57 Å². The molecule has 0 fully saturated rings. The Hall–Kier alpha value is -2.87. The van der Waals surface area contributed by atoms with Crippen LogP contribution in [0.2, 0.25) is 0 Å². The summed E-state index contributed by atoms with van der Waals surface area (Å²) in [4.78, 5) is 12.7. The van der Waals surface area contributed by atoms with Crippen LogP contribution < -0.4 is 9.47 Å². The Balaban J connectivity index is 1.83. The Morgan fingerprint density at radius 2 is 1.83 bits per heavy atom. The minimum Gasteiger partial charge on any atom is -0.493 e. The van der Waals surface area contributed by atoms with Gasteiger partial charge in [-0.05, 0) is 36.2 Å². The Bertz CT molecular complexity index is 1040. The van der Waals surface area contributed by atoms with Crippen LogP contribution in [-0.4, -0.2) is 40.5 Å². The zero-order valence-electron chi connectivity index (χ0n) is 17.4. The minimum atomic E-state index is -0.354. The molecule has 0 aliphatic rings. The van der Waals surface area contributed by atoms with E-state index in [1.54, 1.807) is 43.5 Å². The maximum absolute atomic E-state index is 14.3. The van der Waals surface area contributed by atoms with Crippen molar-refractivity contribution < 1.29 is 18.7 Å². The van der Waals surface area contributed by atoms with Crippen LogP contribution in [-0.2, 0) is 6.54 Å². The number of benzene rings is 2. The SMILES string of the molecule is COc1ccc(C(=O)CSc2nnc(-c3ccccc3F)n2CC(C)C)cc1OC. The number of ketones is 1. The smallest absolute Gasteiger partial charge is 0.191 e. The summed E-state index contributed by atoms with van der Waals surface area (Å²) in [5.41, 5.74) is 0.910. The highest BCUT2D eigenvalue weighted by molar-refractivity contribution is 7.99. The first-order valence-electron chi connectivity index (χ1n) is 9.50. The van der Waals surface area contributed by atoms with E-state index >= 15 is 0 Å². The summed E-state index contributed by atoms with van der Waals surface area (Å²) in [5.74, 6) is 1.56. The number of carbonyl (C=O) groups excluding carboxylic acids is 1. The molecule has 0 saturated heterocycles. The van der Waals surface area contributed by atoms with E-state index in [0.29, 0.717) is 46.1 Å². The Morgan fingerprint density at radius 3 is 2.50 bits per heavy atom. The summed E-state index contributed by atoms with van der Waals surface area (Å²) in [6, 6.07) is 11.5. The van der Waals surface area contributed by atoms with Crippen molar-refractivity contribution in [1.82, 2.24) is 14.8 Å². The highest BCUT2D eigenvalue weighted by Gasteiger charge is 2.19. The van der Waals surface area contributed by atoms with Gasteiger partial charge in [0.2, 0.25) is 0 Å². The fourth-order valence-electron chi connectivity index (χ4n) is 2.99. The van der Waals surface area contributed by atoms with Crippen molar-refractivity contribution in [2.24, 2.45) is 5.92 Å². The Morgan fingerprint density at radius 1 is 1.10 bits per heavy atom. The summed E-state index contributed by atoms with van der Waals surface area (Å²) >= 11 is 1.28. The molecule has 0 saturated carbocycles. The molecule has 8 heteroatoms. The molecule has 158 valence electrons. The summed E-state index contributed by atoms with van der Waals surface area (Å²) in [6.45, 7) is 4.74. The van der Waals surface area contributed by atoms with E-state index in [-0.39, 0.29) is 17.4 Å². The molecule has 2 aromatic carbocycles. The molecule has 3 rings (SSSR count). The van der Waals surface area contributed by atoms with Crippen LogP contribution in [0.3, 0.4) is 0 Å². The fraction of sp³-hybridized carbons (Fsp3) is 0.318. The van der Waals surface area contributed by atoms with Crippen molar-refractivity contribution in [3.8, 4) is 22.9 Å². The summed E-state index contributed by atoms with van der Waals surface area (Å²) < 4.78 is 26.7. The van der Waals surface area contributed by atoms with E-state index in [4.69, 9.17) is 9.47 Å². The third-order valence-electron chi connectivity index (χ3n) is 4.42. The first-order valence-corrected chi connectivity index (χ1v) is 10.5. The second-order valence-electron chi connectivity index (χ2n) is 7.07. The van der Waals surface area contributed by atoms with Gasteiger partial charge in [0.1, 0.15) is 5.82 Å². The lowest BCUT2D eigenvalue weighted by atomic mass is 10.1.